The fraction of sp³-hybridized carbons (Fsp3) is 0.316. The third-order valence-electron chi connectivity index (χ3n) is 4.72. The summed E-state index contributed by atoms with van der Waals surface area (Å²) in [6.45, 7) is 5.29. The van der Waals surface area contributed by atoms with Gasteiger partial charge in [-0.1, -0.05) is 29.8 Å². The lowest BCUT2D eigenvalue weighted by Gasteiger charge is -2.36. The third-order valence-corrected chi connectivity index (χ3v) is 4.95. The van der Waals surface area contributed by atoms with Crippen molar-refractivity contribution in [1.82, 2.24) is 0 Å². The fourth-order valence-electron chi connectivity index (χ4n) is 3.15. The Balaban J connectivity index is 1.57. The van der Waals surface area contributed by atoms with Crippen LogP contribution in [0.25, 0.3) is 0 Å². The maximum Gasteiger partial charge on any atom is 0.282 e. The van der Waals surface area contributed by atoms with Crippen LogP contribution in [0.3, 0.4) is 0 Å². The van der Waals surface area contributed by atoms with Crippen molar-refractivity contribution in [3.8, 4) is 0 Å². The average Bonchev–Trinajstić information content (AvgIpc) is 2.63. The first-order chi connectivity index (χ1) is 12.0. The Kier molecular flexibility index (Phi) is 5.56. The molecule has 4 nitrogen and oxygen atoms in total. The van der Waals surface area contributed by atoms with E-state index in [1.165, 1.54) is 11.0 Å². The number of quaternary nitrogens is 1. The SMILES string of the molecule is C[C@H](C(=O)Nc1ccccc1F)[NH+]1CCN(c2cccc(Cl)c2)CC1. The maximum atomic E-state index is 13.7. The van der Waals surface area contributed by atoms with Gasteiger partial charge in [0, 0.05) is 10.7 Å². The first-order valence-electron chi connectivity index (χ1n) is 8.45. The van der Waals surface area contributed by atoms with E-state index in [1.807, 2.05) is 31.2 Å². The molecule has 0 radical (unpaired) electrons. The highest BCUT2D eigenvalue weighted by Crippen LogP contribution is 2.19. The van der Waals surface area contributed by atoms with Crippen molar-refractivity contribution in [2.45, 2.75) is 13.0 Å². The van der Waals surface area contributed by atoms with Crippen LogP contribution >= 0.6 is 11.6 Å². The van der Waals surface area contributed by atoms with Crippen molar-refractivity contribution in [2.75, 3.05) is 36.4 Å². The molecule has 2 aromatic rings. The van der Waals surface area contributed by atoms with Gasteiger partial charge in [0.2, 0.25) is 0 Å². The number of nitrogens with zero attached hydrogens (tertiary/aromatic N) is 1. The number of nitrogens with one attached hydrogen (secondary N) is 2. The molecular weight excluding hydrogens is 341 g/mol. The monoisotopic (exact) mass is 362 g/mol. The van der Waals surface area contributed by atoms with Crippen molar-refractivity contribution in [3.63, 3.8) is 0 Å². The van der Waals surface area contributed by atoms with Crippen molar-refractivity contribution >= 4 is 28.9 Å². The fourth-order valence-corrected chi connectivity index (χ4v) is 3.33. The number of benzene rings is 2. The standard InChI is InChI=1S/C19H21ClFN3O/c1-14(19(25)22-18-8-3-2-7-17(18)21)23-9-11-24(12-10-23)16-6-4-5-15(20)13-16/h2-8,13-14H,9-12H2,1H3,(H,22,25)/p+1/t14-/m1/s1. The number of anilines is 2. The van der Waals surface area contributed by atoms with Gasteiger partial charge in [0.25, 0.3) is 5.91 Å². The minimum absolute atomic E-state index is 0.156. The van der Waals surface area contributed by atoms with Gasteiger partial charge in [0.05, 0.1) is 31.9 Å². The lowest BCUT2D eigenvalue weighted by molar-refractivity contribution is -0.914. The third kappa shape index (κ3) is 4.30. The number of carbonyl (C=O) groups is 1. The van der Waals surface area contributed by atoms with Crippen LogP contribution < -0.4 is 15.1 Å². The number of para-hydroxylation sites is 1. The van der Waals surface area contributed by atoms with Crippen LogP contribution in [0, 0.1) is 5.82 Å². The number of carbonyl (C=O) groups excluding carboxylic acids is 1. The minimum Gasteiger partial charge on any atom is -0.360 e. The molecule has 1 amide bonds. The van der Waals surface area contributed by atoms with Gasteiger partial charge in [-0.2, -0.15) is 0 Å². The molecule has 1 heterocycles. The molecule has 6 heteroatoms. The number of hydrogen-bond donors (Lipinski definition) is 2. The van der Waals surface area contributed by atoms with Crippen molar-refractivity contribution in [1.29, 1.82) is 0 Å². The van der Waals surface area contributed by atoms with E-state index >= 15 is 0 Å². The van der Waals surface area contributed by atoms with Gasteiger partial charge >= 0.3 is 0 Å². The molecule has 1 aliphatic rings. The van der Waals surface area contributed by atoms with E-state index < -0.39 is 5.82 Å². The molecule has 0 aliphatic carbocycles. The van der Waals surface area contributed by atoms with Gasteiger partial charge in [-0.3, -0.25) is 4.79 Å². The summed E-state index contributed by atoms with van der Waals surface area (Å²) in [7, 11) is 0. The quantitative estimate of drug-likeness (QED) is 0.875. The van der Waals surface area contributed by atoms with E-state index in [0.29, 0.717) is 0 Å². The number of piperazine rings is 1. The van der Waals surface area contributed by atoms with Gasteiger partial charge in [-0.25, -0.2) is 4.39 Å². The van der Waals surface area contributed by atoms with Crippen LogP contribution in [-0.4, -0.2) is 38.1 Å². The molecule has 2 N–H and O–H groups in total. The topological polar surface area (TPSA) is 36.8 Å². The summed E-state index contributed by atoms with van der Waals surface area (Å²) in [5, 5.41) is 3.42. The van der Waals surface area contributed by atoms with E-state index in [1.54, 1.807) is 18.2 Å². The second-order valence-corrected chi connectivity index (χ2v) is 6.75. The summed E-state index contributed by atoms with van der Waals surface area (Å²) < 4.78 is 13.7. The molecular formula is C19H22ClFN3O+. The summed E-state index contributed by atoms with van der Waals surface area (Å²) in [6.07, 6.45) is 0. The summed E-state index contributed by atoms with van der Waals surface area (Å²) in [5.41, 5.74) is 1.34. The number of hydrogen-bond acceptors (Lipinski definition) is 2. The Morgan fingerprint density at radius 2 is 1.92 bits per heavy atom. The second-order valence-electron chi connectivity index (χ2n) is 6.32. The lowest BCUT2D eigenvalue weighted by Crippen LogP contribution is -3.19. The second kappa shape index (κ2) is 7.85. The summed E-state index contributed by atoms with van der Waals surface area (Å²) >= 11 is 6.06. The Morgan fingerprint density at radius 1 is 1.20 bits per heavy atom. The number of halogens is 2. The van der Waals surface area contributed by atoms with E-state index in [0.717, 1.165) is 36.9 Å². The van der Waals surface area contributed by atoms with Crippen LogP contribution in [0.1, 0.15) is 6.92 Å². The van der Waals surface area contributed by atoms with Crippen LogP contribution in [0.5, 0.6) is 0 Å². The Hall–Kier alpha value is -2.11. The molecule has 25 heavy (non-hydrogen) atoms. The lowest BCUT2D eigenvalue weighted by atomic mass is 10.2. The highest BCUT2D eigenvalue weighted by molar-refractivity contribution is 6.30. The first kappa shape index (κ1) is 17.7. The predicted molar refractivity (Wildman–Crippen MR) is 98.9 cm³/mol. The smallest absolute Gasteiger partial charge is 0.282 e. The Labute approximate surface area is 152 Å². The van der Waals surface area contributed by atoms with Crippen LogP contribution in [0.4, 0.5) is 15.8 Å². The van der Waals surface area contributed by atoms with Gasteiger partial charge in [0.15, 0.2) is 6.04 Å². The zero-order valence-corrected chi connectivity index (χ0v) is 14.9. The van der Waals surface area contributed by atoms with Crippen molar-refractivity contribution < 1.29 is 14.1 Å². The van der Waals surface area contributed by atoms with Gasteiger partial charge < -0.3 is 15.1 Å². The molecule has 0 unspecified atom stereocenters. The van der Waals surface area contributed by atoms with Gasteiger partial charge in [-0.05, 0) is 37.3 Å². The van der Waals surface area contributed by atoms with Crippen LogP contribution in [0.2, 0.25) is 5.02 Å². The number of rotatable bonds is 4. The molecule has 0 spiro atoms. The first-order valence-corrected chi connectivity index (χ1v) is 8.83. The highest BCUT2D eigenvalue weighted by atomic mass is 35.5. The Bertz CT molecular complexity index is 747. The molecule has 1 saturated heterocycles. The largest absolute Gasteiger partial charge is 0.360 e. The molecule has 0 saturated carbocycles. The molecule has 1 aliphatic heterocycles. The molecule has 132 valence electrons. The van der Waals surface area contributed by atoms with E-state index in [-0.39, 0.29) is 17.6 Å². The van der Waals surface area contributed by atoms with Gasteiger partial charge in [0.1, 0.15) is 5.82 Å². The van der Waals surface area contributed by atoms with E-state index in [4.69, 9.17) is 11.6 Å². The van der Waals surface area contributed by atoms with Crippen LogP contribution in [0.15, 0.2) is 48.5 Å². The zero-order valence-electron chi connectivity index (χ0n) is 14.1. The molecule has 3 rings (SSSR count). The highest BCUT2D eigenvalue weighted by Gasteiger charge is 2.29. The molecule has 1 fully saturated rings. The molecule has 2 aromatic carbocycles. The maximum absolute atomic E-state index is 13.7. The van der Waals surface area contributed by atoms with Crippen molar-refractivity contribution in [3.05, 3.63) is 59.4 Å². The molecule has 0 bridgehead atoms. The van der Waals surface area contributed by atoms with E-state index in [9.17, 15) is 9.18 Å². The number of amides is 1. The average molecular weight is 363 g/mol. The zero-order chi connectivity index (χ0) is 17.8. The predicted octanol–water partition coefficient (Wildman–Crippen LogP) is 2.21. The Morgan fingerprint density at radius 3 is 2.60 bits per heavy atom. The van der Waals surface area contributed by atoms with Crippen LogP contribution in [-0.2, 0) is 4.79 Å². The van der Waals surface area contributed by atoms with E-state index in [2.05, 4.69) is 10.2 Å². The summed E-state index contributed by atoms with van der Waals surface area (Å²) in [5.74, 6) is -0.569. The summed E-state index contributed by atoms with van der Waals surface area (Å²) in [4.78, 5) is 15.9. The molecule has 1 atom stereocenters. The van der Waals surface area contributed by atoms with Crippen molar-refractivity contribution in [2.24, 2.45) is 0 Å². The minimum atomic E-state index is -0.413. The van der Waals surface area contributed by atoms with Gasteiger partial charge in [-0.15, -0.1) is 0 Å². The summed E-state index contributed by atoms with van der Waals surface area (Å²) in [6, 6.07) is 13.8. The normalized spacial score (nSPS) is 16.5. The molecule has 0 aromatic heterocycles.